The van der Waals surface area contributed by atoms with Crippen molar-refractivity contribution in [3.8, 4) is 5.69 Å². The first-order valence-electron chi connectivity index (χ1n) is 9.64. The second-order valence-electron chi connectivity index (χ2n) is 7.43. The summed E-state index contributed by atoms with van der Waals surface area (Å²) in [5, 5.41) is 11.1. The molecule has 9 heteroatoms. The van der Waals surface area contributed by atoms with Crippen LogP contribution in [0.3, 0.4) is 0 Å². The van der Waals surface area contributed by atoms with Gasteiger partial charge in [0.15, 0.2) is 0 Å². The first kappa shape index (κ1) is 18.5. The predicted octanol–water partition coefficient (Wildman–Crippen LogP) is 1.61. The van der Waals surface area contributed by atoms with Gasteiger partial charge in [-0.25, -0.2) is 13.1 Å². The zero-order chi connectivity index (χ0) is 18.9. The summed E-state index contributed by atoms with van der Waals surface area (Å²) < 4.78 is 29.3. The van der Waals surface area contributed by atoms with Gasteiger partial charge in [-0.2, -0.15) is 4.31 Å². The van der Waals surface area contributed by atoms with Crippen molar-refractivity contribution < 1.29 is 8.42 Å². The van der Waals surface area contributed by atoms with Crippen molar-refractivity contribution >= 4 is 10.0 Å². The van der Waals surface area contributed by atoms with E-state index in [1.165, 1.54) is 43.1 Å². The van der Waals surface area contributed by atoms with Crippen LogP contribution < -0.4 is 0 Å². The molecule has 27 heavy (non-hydrogen) atoms. The average molecular weight is 391 g/mol. The lowest BCUT2D eigenvalue weighted by molar-refractivity contribution is 0.111. The number of hydrogen-bond donors (Lipinski definition) is 0. The number of piperazine rings is 1. The van der Waals surface area contributed by atoms with Gasteiger partial charge in [0.1, 0.15) is 6.33 Å². The van der Waals surface area contributed by atoms with Crippen LogP contribution in [0.4, 0.5) is 0 Å². The van der Waals surface area contributed by atoms with Gasteiger partial charge in [-0.1, -0.05) is 19.3 Å². The van der Waals surface area contributed by atoms with E-state index in [1.807, 2.05) is 6.92 Å². The van der Waals surface area contributed by atoms with Gasteiger partial charge < -0.3 is 0 Å². The summed E-state index contributed by atoms with van der Waals surface area (Å²) >= 11 is 0. The lowest BCUT2D eigenvalue weighted by Crippen LogP contribution is -2.52. The SMILES string of the molecule is Cc1cc(S(=O)(=O)N2CCN(C3CCCCC3)CC2)ccc1-n1cnnn1. The molecular weight excluding hydrogens is 364 g/mol. The molecule has 2 aromatic rings. The van der Waals surface area contributed by atoms with E-state index in [9.17, 15) is 8.42 Å². The molecule has 2 heterocycles. The Hall–Kier alpha value is -1.84. The minimum atomic E-state index is -3.48. The number of sulfonamides is 1. The molecule has 0 radical (unpaired) electrons. The normalized spacial score (nSPS) is 20.8. The van der Waals surface area contributed by atoms with Gasteiger partial charge in [-0.15, -0.1) is 5.10 Å². The molecule has 0 bridgehead atoms. The van der Waals surface area contributed by atoms with E-state index >= 15 is 0 Å². The number of tetrazole rings is 1. The summed E-state index contributed by atoms with van der Waals surface area (Å²) in [5.41, 5.74) is 1.60. The van der Waals surface area contributed by atoms with Crippen molar-refractivity contribution in [3.05, 3.63) is 30.1 Å². The third-order valence-electron chi connectivity index (χ3n) is 5.77. The third kappa shape index (κ3) is 3.76. The Morgan fingerprint density at radius 2 is 1.78 bits per heavy atom. The van der Waals surface area contributed by atoms with Crippen LogP contribution in [0, 0.1) is 6.92 Å². The van der Waals surface area contributed by atoms with Crippen LogP contribution in [-0.2, 0) is 10.0 Å². The largest absolute Gasteiger partial charge is 0.298 e. The van der Waals surface area contributed by atoms with Crippen molar-refractivity contribution in [2.45, 2.75) is 50.0 Å². The Bertz CT molecular complexity index is 869. The molecule has 4 rings (SSSR count). The van der Waals surface area contributed by atoms with Crippen molar-refractivity contribution in [2.75, 3.05) is 26.2 Å². The van der Waals surface area contributed by atoms with Crippen LogP contribution in [-0.4, -0.2) is 70.1 Å². The number of nitrogens with zero attached hydrogens (tertiary/aromatic N) is 6. The van der Waals surface area contributed by atoms with E-state index < -0.39 is 10.0 Å². The van der Waals surface area contributed by atoms with E-state index in [-0.39, 0.29) is 0 Å². The average Bonchev–Trinajstić information content (AvgIpc) is 3.23. The third-order valence-corrected chi connectivity index (χ3v) is 7.66. The molecule has 0 amide bonds. The van der Waals surface area contributed by atoms with E-state index in [1.54, 1.807) is 22.5 Å². The summed E-state index contributed by atoms with van der Waals surface area (Å²) in [4.78, 5) is 2.82. The molecule has 2 fully saturated rings. The van der Waals surface area contributed by atoms with Crippen molar-refractivity contribution in [1.29, 1.82) is 0 Å². The van der Waals surface area contributed by atoms with Crippen LogP contribution in [0.2, 0.25) is 0 Å². The molecule has 1 saturated carbocycles. The maximum absolute atomic E-state index is 13.1. The molecule has 0 unspecified atom stereocenters. The molecule has 146 valence electrons. The first-order chi connectivity index (χ1) is 13.1. The first-order valence-corrected chi connectivity index (χ1v) is 11.1. The molecule has 0 atom stereocenters. The highest BCUT2D eigenvalue weighted by Crippen LogP contribution is 2.26. The fraction of sp³-hybridized carbons (Fsp3) is 0.611. The molecule has 1 saturated heterocycles. The van der Waals surface area contributed by atoms with Gasteiger partial charge in [0.25, 0.3) is 0 Å². The Kier molecular flexibility index (Phi) is 5.25. The van der Waals surface area contributed by atoms with Crippen LogP contribution >= 0.6 is 0 Å². The Balaban J connectivity index is 1.46. The Labute approximate surface area is 160 Å². The second kappa shape index (κ2) is 7.65. The summed E-state index contributed by atoms with van der Waals surface area (Å²) in [5.74, 6) is 0. The van der Waals surface area contributed by atoms with Crippen molar-refractivity contribution in [3.63, 3.8) is 0 Å². The number of hydrogen-bond acceptors (Lipinski definition) is 6. The van der Waals surface area contributed by atoms with Crippen molar-refractivity contribution in [1.82, 2.24) is 29.4 Å². The summed E-state index contributed by atoms with van der Waals surface area (Å²) in [7, 11) is -3.48. The van der Waals surface area contributed by atoms with E-state index in [0.29, 0.717) is 24.0 Å². The zero-order valence-electron chi connectivity index (χ0n) is 15.7. The highest BCUT2D eigenvalue weighted by molar-refractivity contribution is 7.89. The van der Waals surface area contributed by atoms with Gasteiger partial charge in [0.2, 0.25) is 10.0 Å². The molecular formula is C18H26N6O2S. The number of aryl methyl sites for hydroxylation is 1. The molecule has 1 aromatic heterocycles. The Morgan fingerprint density at radius 3 is 2.41 bits per heavy atom. The highest BCUT2D eigenvalue weighted by Gasteiger charge is 2.31. The molecule has 0 spiro atoms. The number of rotatable bonds is 4. The molecule has 2 aliphatic rings. The van der Waals surface area contributed by atoms with Gasteiger partial charge >= 0.3 is 0 Å². The molecule has 1 aliphatic carbocycles. The summed E-state index contributed by atoms with van der Waals surface area (Å²) in [6.45, 7) is 4.65. The lowest BCUT2D eigenvalue weighted by atomic mass is 9.94. The van der Waals surface area contributed by atoms with Crippen LogP contribution in [0.25, 0.3) is 5.69 Å². The van der Waals surface area contributed by atoms with Gasteiger partial charge in [0.05, 0.1) is 10.6 Å². The van der Waals surface area contributed by atoms with Gasteiger partial charge in [-0.3, -0.25) is 4.90 Å². The summed E-state index contributed by atoms with van der Waals surface area (Å²) in [6.07, 6.45) is 7.95. The minimum absolute atomic E-state index is 0.336. The lowest BCUT2D eigenvalue weighted by Gasteiger charge is -2.40. The summed E-state index contributed by atoms with van der Waals surface area (Å²) in [6, 6.07) is 5.75. The van der Waals surface area contributed by atoms with E-state index in [0.717, 1.165) is 24.3 Å². The topological polar surface area (TPSA) is 84.2 Å². The van der Waals surface area contributed by atoms with E-state index in [2.05, 4.69) is 20.4 Å². The quantitative estimate of drug-likeness (QED) is 0.789. The fourth-order valence-electron chi connectivity index (χ4n) is 4.22. The van der Waals surface area contributed by atoms with Crippen molar-refractivity contribution in [2.24, 2.45) is 0 Å². The monoisotopic (exact) mass is 390 g/mol. The minimum Gasteiger partial charge on any atom is -0.298 e. The molecule has 0 N–H and O–H groups in total. The molecule has 8 nitrogen and oxygen atoms in total. The van der Waals surface area contributed by atoms with Gasteiger partial charge in [0, 0.05) is 32.2 Å². The van der Waals surface area contributed by atoms with E-state index in [4.69, 9.17) is 0 Å². The fourth-order valence-corrected chi connectivity index (χ4v) is 5.73. The standard InChI is InChI=1S/C18H26N6O2S/c1-15-13-17(7-8-18(15)24-14-19-20-21-24)27(25,26)23-11-9-22(10-12-23)16-5-3-2-4-6-16/h7-8,13-14,16H,2-6,9-12H2,1H3. The maximum Gasteiger partial charge on any atom is 0.243 e. The molecule has 1 aromatic carbocycles. The molecule has 1 aliphatic heterocycles. The predicted molar refractivity (Wildman–Crippen MR) is 101 cm³/mol. The second-order valence-corrected chi connectivity index (χ2v) is 9.37. The Morgan fingerprint density at radius 1 is 1.04 bits per heavy atom. The van der Waals surface area contributed by atoms with Gasteiger partial charge in [-0.05, 0) is 54.0 Å². The van der Waals surface area contributed by atoms with Crippen LogP contribution in [0.15, 0.2) is 29.4 Å². The maximum atomic E-state index is 13.1. The van der Waals surface area contributed by atoms with Crippen LogP contribution in [0.1, 0.15) is 37.7 Å². The highest BCUT2D eigenvalue weighted by atomic mass is 32.2. The smallest absolute Gasteiger partial charge is 0.243 e. The zero-order valence-corrected chi connectivity index (χ0v) is 16.5. The number of aromatic nitrogens is 4. The van der Waals surface area contributed by atoms with Crippen LogP contribution in [0.5, 0.6) is 0 Å². The number of benzene rings is 1.